The van der Waals surface area contributed by atoms with E-state index in [0.717, 1.165) is 27.7 Å². The van der Waals surface area contributed by atoms with E-state index in [9.17, 15) is 0 Å². The van der Waals surface area contributed by atoms with E-state index < -0.39 is 0 Å². The topological polar surface area (TPSA) is 56.7 Å². The normalized spacial score (nSPS) is 11.2. The number of benzene rings is 2. The van der Waals surface area contributed by atoms with Gasteiger partial charge in [-0.2, -0.15) is 0 Å². The predicted octanol–water partition coefficient (Wildman–Crippen LogP) is 4.03. The molecular weight excluding hydrogens is 296 g/mol. The Morgan fingerprint density at radius 1 is 1.17 bits per heavy atom. The summed E-state index contributed by atoms with van der Waals surface area (Å²) in [5.74, 6) is 0. The lowest BCUT2D eigenvalue weighted by Crippen LogP contribution is -2.00. The van der Waals surface area contributed by atoms with Gasteiger partial charge < -0.3 is 10.3 Å². The van der Waals surface area contributed by atoms with Crippen LogP contribution in [0, 0.1) is 6.92 Å². The van der Waals surface area contributed by atoms with Crippen molar-refractivity contribution in [1.29, 1.82) is 0 Å². The van der Waals surface area contributed by atoms with Crippen LogP contribution in [0.4, 0.5) is 0 Å². The van der Waals surface area contributed by atoms with Crippen LogP contribution in [0.15, 0.2) is 55.4 Å². The Bertz CT molecular complexity index is 1110. The molecule has 0 saturated heterocycles. The maximum atomic E-state index is 5.80. The molecule has 0 spiro atoms. The summed E-state index contributed by atoms with van der Waals surface area (Å²) in [4.78, 5) is 9.20. The van der Waals surface area contributed by atoms with Gasteiger partial charge in [-0.05, 0) is 47.7 Å². The summed E-state index contributed by atoms with van der Waals surface area (Å²) in [6.07, 6.45) is 3.74. The van der Waals surface area contributed by atoms with E-state index in [1.807, 2.05) is 6.07 Å². The minimum Gasteiger partial charge on any atom is -0.397 e. The number of aromatic nitrogens is 3. The van der Waals surface area contributed by atoms with Crippen molar-refractivity contribution in [1.82, 2.24) is 14.5 Å². The van der Waals surface area contributed by atoms with Crippen molar-refractivity contribution < 1.29 is 0 Å². The molecule has 0 amide bonds. The average Bonchev–Trinajstić information content (AvgIpc) is 2.94. The SMILES string of the molecule is C=C(N)c1cnc2cc(C)cc(-c3ccc4ccn(C)c4c3)c2n1. The van der Waals surface area contributed by atoms with Crippen molar-refractivity contribution >= 4 is 27.6 Å². The molecule has 0 atom stereocenters. The molecule has 2 N–H and O–H groups in total. The Morgan fingerprint density at radius 2 is 2.00 bits per heavy atom. The zero-order chi connectivity index (χ0) is 16.8. The summed E-state index contributed by atoms with van der Waals surface area (Å²) in [6, 6.07) is 12.7. The lowest BCUT2D eigenvalue weighted by Gasteiger charge is -2.10. The van der Waals surface area contributed by atoms with Gasteiger partial charge in [0, 0.05) is 24.3 Å². The van der Waals surface area contributed by atoms with Crippen LogP contribution in [0.5, 0.6) is 0 Å². The summed E-state index contributed by atoms with van der Waals surface area (Å²) in [5, 5.41) is 1.22. The second-order valence-corrected chi connectivity index (χ2v) is 6.16. The van der Waals surface area contributed by atoms with Gasteiger partial charge in [-0.25, -0.2) is 4.98 Å². The Kier molecular flexibility index (Phi) is 3.13. The van der Waals surface area contributed by atoms with Gasteiger partial charge in [0.05, 0.1) is 22.9 Å². The number of hydrogen-bond acceptors (Lipinski definition) is 3. The smallest absolute Gasteiger partial charge is 0.104 e. The molecule has 2 aromatic heterocycles. The molecule has 4 nitrogen and oxygen atoms in total. The molecule has 4 rings (SSSR count). The van der Waals surface area contributed by atoms with Crippen molar-refractivity contribution in [3.63, 3.8) is 0 Å². The van der Waals surface area contributed by atoms with Gasteiger partial charge in [0.25, 0.3) is 0 Å². The zero-order valence-corrected chi connectivity index (χ0v) is 13.7. The van der Waals surface area contributed by atoms with Crippen LogP contribution in [0.2, 0.25) is 0 Å². The number of nitrogens with two attached hydrogens (primary N) is 1. The third-order valence-electron chi connectivity index (χ3n) is 4.32. The van der Waals surface area contributed by atoms with Crippen molar-refractivity contribution in [3.8, 4) is 11.1 Å². The molecule has 2 heterocycles. The fourth-order valence-corrected chi connectivity index (χ4v) is 3.06. The molecule has 0 unspecified atom stereocenters. The first-order valence-corrected chi connectivity index (χ1v) is 7.80. The predicted molar refractivity (Wildman–Crippen MR) is 99.4 cm³/mol. The summed E-state index contributed by atoms with van der Waals surface area (Å²) in [6.45, 7) is 5.84. The summed E-state index contributed by atoms with van der Waals surface area (Å²) in [7, 11) is 2.05. The molecule has 0 bridgehead atoms. The first-order valence-electron chi connectivity index (χ1n) is 7.80. The summed E-state index contributed by atoms with van der Waals surface area (Å²) < 4.78 is 2.12. The van der Waals surface area contributed by atoms with E-state index >= 15 is 0 Å². The minimum atomic E-state index is 0.425. The average molecular weight is 314 g/mol. The van der Waals surface area contributed by atoms with Gasteiger partial charge in [-0.3, -0.25) is 4.98 Å². The molecular formula is C20H18N4. The van der Waals surface area contributed by atoms with Crippen molar-refractivity contribution in [2.75, 3.05) is 0 Å². The highest BCUT2D eigenvalue weighted by atomic mass is 14.9. The summed E-state index contributed by atoms with van der Waals surface area (Å²) >= 11 is 0. The quantitative estimate of drug-likeness (QED) is 0.608. The van der Waals surface area contributed by atoms with Crippen LogP contribution in [0.1, 0.15) is 11.3 Å². The minimum absolute atomic E-state index is 0.425. The third kappa shape index (κ3) is 2.24. The van der Waals surface area contributed by atoms with E-state index in [1.165, 1.54) is 10.9 Å². The van der Waals surface area contributed by atoms with E-state index in [4.69, 9.17) is 5.73 Å². The number of aryl methyl sites for hydroxylation is 2. The Morgan fingerprint density at radius 3 is 2.79 bits per heavy atom. The van der Waals surface area contributed by atoms with Gasteiger partial charge in [-0.1, -0.05) is 18.7 Å². The Hall–Kier alpha value is -3.14. The number of hydrogen-bond donors (Lipinski definition) is 1. The third-order valence-corrected chi connectivity index (χ3v) is 4.32. The molecule has 118 valence electrons. The van der Waals surface area contributed by atoms with Crippen LogP contribution in [-0.4, -0.2) is 14.5 Å². The molecule has 0 fully saturated rings. The highest BCUT2D eigenvalue weighted by molar-refractivity contribution is 5.95. The molecule has 4 aromatic rings. The number of rotatable bonds is 2. The first kappa shape index (κ1) is 14.5. The van der Waals surface area contributed by atoms with Crippen LogP contribution in [0.25, 0.3) is 38.8 Å². The molecule has 0 radical (unpaired) electrons. The Balaban J connectivity index is 2.04. The van der Waals surface area contributed by atoms with Crippen molar-refractivity contribution in [2.45, 2.75) is 6.92 Å². The lowest BCUT2D eigenvalue weighted by molar-refractivity contribution is 0.969. The van der Waals surface area contributed by atoms with Crippen LogP contribution < -0.4 is 5.73 Å². The second kappa shape index (κ2) is 5.20. The summed E-state index contributed by atoms with van der Waals surface area (Å²) in [5.41, 5.74) is 13.1. The lowest BCUT2D eigenvalue weighted by atomic mass is 10.00. The van der Waals surface area contributed by atoms with Crippen LogP contribution in [0.3, 0.4) is 0 Å². The van der Waals surface area contributed by atoms with E-state index in [-0.39, 0.29) is 0 Å². The standard InChI is InChI=1S/C20H18N4/c1-12-8-16(15-5-4-14-6-7-24(3)19(14)10-15)20-17(9-12)22-11-18(23-20)13(2)21/h4-11H,2,21H2,1,3H3. The highest BCUT2D eigenvalue weighted by Gasteiger charge is 2.11. The number of nitrogens with zero attached hydrogens (tertiary/aromatic N) is 3. The van der Waals surface area contributed by atoms with E-state index in [0.29, 0.717) is 11.4 Å². The Labute approximate surface area is 140 Å². The van der Waals surface area contributed by atoms with Crippen molar-refractivity contribution in [2.24, 2.45) is 12.8 Å². The monoisotopic (exact) mass is 314 g/mol. The van der Waals surface area contributed by atoms with Gasteiger partial charge in [0.2, 0.25) is 0 Å². The maximum absolute atomic E-state index is 5.80. The number of fused-ring (bicyclic) bond motifs is 2. The van der Waals surface area contributed by atoms with E-state index in [2.05, 4.69) is 71.6 Å². The van der Waals surface area contributed by atoms with E-state index in [1.54, 1.807) is 6.20 Å². The fourth-order valence-electron chi connectivity index (χ4n) is 3.06. The van der Waals surface area contributed by atoms with Gasteiger partial charge >= 0.3 is 0 Å². The molecule has 0 aliphatic rings. The first-order chi connectivity index (χ1) is 11.5. The van der Waals surface area contributed by atoms with Crippen molar-refractivity contribution in [3.05, 3.63) is 66.6 Å². The highest BCUT2D eigenvalue weighted by Crippen LogP contribution is 2.31. The van der Waals surface area contributed by atoms with Crippen LogP contribution in [-0.2, 0) is 7.05 Å². The molecule has 0 saturated carbocycles. The zero-order valence-electron chi connectivity index (χ0n) is 13.7. The molecule has 4 heteroatoms. The van der Waals surface area contributed by atoms with Gasteiger partial charge in [0.1, 0.15) is 5.69 Å². The maximum Gasteiger partial charge on any atom is 0.104 e. The fraction of sp³-hybridized carbons (Fsp3) is 0.100. The molecule has 24 heavy (non-hydrogen) atoms. The molecule has 2 aromatic carbocycles. The second-order valence-electron chi connectivity index (χ2n) is 6.16. The van der Waals surface area contributed by atoms with Crippen LogP contribution >= 0.6 is 0 Å². The van der Waals surface area contributed by atoms with Gasteiger partial charge in [0.15, 0.2) is 0 Å². The molecule has 0 aliphatic carbocycles. The van der Waals surface area contributed by atoms with Gasteiger partial charge in [-0.15, -0.1) is 0 Å². The largest absolute Gasteiger partial charge is 0.397 e. The molecule has 0 aliphatic heterocycles.